The first kappa shape index (κ1) is 15.2. The summed E-state index contributed by atoms with van der Waals surface area (Å²) in [6, 6.07) is 7.18. The molecule has 0 bridgehead atoms. The Kier molecular flexibility index (Phi) is 5.33. The summed E-state index contributed by atoms with van der Waals surface area (Å²) in [5, 5.41) is 3.40. The lowest BCUT2D eigenvalue weighted by molar-refractivity contribution is 0.222. The number of hydrogen-bond donors (Lipinski definition) is 1. The van der Waals surface area contributed by atoms with E-state index < -0.39 is 0 Å². The van der Waals surface area contributed by atoms with Gasteiger partial charge in [-0.25, -0.2) is 4.39 Å². The van der Waals surface area contributed by atoms with E-state index in [4.69, 9.17) is 0 Å². The van der Waals surface area contributed by atoms with Gasteiger partial charge in [0, 0.05) is 11.6 Å². The Balaban J connectivity index is 2.87. The third-order valence-corrected chi connectivity index (χ3v) is 3.80. The quantitative estimate of drug-likeness (QED) is 0.809. The molecule has 0 radical (unpaired) electrons. The van der Waals surface area contributed by atoms with Gasteiger partial charge in [-0.05, 0) is 30.4 Å². The second kappa shape index (κ2) is 6.33. The summed E-state index contributed by atoms with van der Waals surface area (Å²) < 4.78 is 13.9. The molecule has 1 N–H and O–H groups in total. The molecule has 0 amide bonds. The van der Waals surface area contributed by atoms with Gasteiger partial charge in [-0.2, -0.15) is 0 Å². The first-order valence-electron chi connectivity index (χ1n) is 6.84. The normalized spacial score (nSPS) is 15.4. The van der Waals surface area contributed by atoms with Crippen LogP contribution in [0.25, 0.3) is 0 Å². The predicted octanol–water partition coefficient (Wildman–Crippen LogP) is 4.55. The maximum absolute atomic E-state index is 13.9. The van der Waals surface area contributed by atoms with Gasteiger partial charge in [0.25, 0.3) is 0 Å². The van der Waals surface area contributed by atoms with Crippen LogP contribution < -0.4 is 5.32 Å². The van der Waals surface area contributed by atoms with E-state index in [1.54, 1.807) is 12.1 Å². The minimum absolute atomic E-state index is 0.102. The Labute approximate surface area is 111 Å². The van der Waals surface area contributed by atoms with Crippen molar-refractivity contribution in [2.45, 2.75) is 47.1 Å². The lowest BCUT2D eigenvalue weighted by atomic mass is 9.77. The number of benzene rings is 1. The van der Waals surface area contributed by atoms with Crippen molar-refractivity contribution >= 4 is 0 Å². The molecule has 0 aliphatic carbocycles. The van der Waals surface area contributed by atoms with E-state index in [0.717, 1.165) is 18.5 Å². The standard InChI is InChI=1S/C16H26FN/c1-6-18-15(11-12(2)16(3,4)5)13-9-7-8-10-14(13)17/h7-10,12,15,18H,6,11H2,1-5H3. The van der Waals surface area contributed by atoms with Crippen molar-refractivity contribution in [1.82, 2.24) is 5.32 Å². The number of nitrogens with one attached hydrogen (secondary N) is 1. The third kappa shape index (κ3) is 4.09. The molecule has 1 rings (SSSR count). The van der Waals surface area contributed by atoms with Gasteiger partial charge in [0.1, 0.15) is 5.82 Å². The molecule has 0 aliphatic heterocycles. The molecule has 102 valence electrons. The highest BCUT2D eigenvalue weighted by atomic mass is 19.1. The fourth-order valence-corrected chi connectivity index (χ4v) is 2.03. The molecule has 0 aromatic heterocycles. The van der Waals surface area contributed by atoms with Crippen LogP contribution in [0.15, 0.2) is 24.3 Å². The second-order valence-corrected chi connectivity index (χ2v) is 6.13. The lowest BCUT2D eigenvalue weighted by Crippen LogP contribution is -2.28. The third-order valence-electron chi connectivity index (χ3n) is 3.80. The SMILES string of the molecule is CCNC(CC(C)C(C)(C)C)c1ccccc1F. The van der Waals surface area contributed by atoms with Crippen molar-refractivity contribution in [3.8, 4) is 0 Å². The summed E-state index contributed by atoms with van der Waals surface area (Å²) in [5.74, 6) is 0.422. The van der Waals surface area contributed by atoms with Crippen molar-refractivity contribution in [3.05, 3.63) is 35.6 Å². The zero-order chi connectivity index (χ0) is 13.8. The average Bonchev–Trinajstić information content (AvgIpc) is 2.28. The lowest BCUT2D eigenvalue weighted by Gasteiger charge is -2.31. The van der Waals surface area contributed by atoms with E-state index in [0.29, 0.717) is 5.92 Å². The largest absolute Gasteiger partial charge is 0.310 e. The molecule has 0 saturated heterocycles. The van der Waals surface area contributed by atoms with Gasteiger partial charge >= 0.3 is 0 Å². The zero-order valence-corrected chi connectivity index (χ0v) is 12.3. The average molecular weight is 251 g/mol. The predicted molar refractivity (Wildman–Crippen MR) is 76.1 cm³/mol. The highest BCUT2D eigenvalue weighted by Gasteiger charge is 2.25. The molecule has 18 heavy (non-hydrogen) atoms. The van der Waals surface area contributed by atoms with Gasteiger partial charge in [0.2, 0.25) is 0 Å². The molecule has 0 aliphatic rings. The Bertz CT molecular complexity index is 368. The van der Waals surface area contributed by atoms with E-state index in [2.05, 4.69) is 39.9 Å². The van der Waals surface area contributed by atoms with E-state index in [-0.39, 0.29) is 17.3 Å². The molecular formula is C16H26FN. The van der Waals surface area contributed by atoms with Crippen LogP contribution in [0.1, 0.15) is 52.6 Å². The first-order chi connectivity index (χ1) is 8.36. The molecule has 2 heteroatoms. The summed E-state index contributed by atoms with van der Waals surface area (Å²) in [4.78, 5) is 0. The van der Waals surface area contributed by atoms with Crippen LogP contribution in [0.4, 0.5) is 4.39 Å². The van der Waals surface area contributed by atoms with Gasteiger partial charge in [-0.15, -0.1) is 0 Å². The van der Waals surface area contributed by atoms with Crippen LogP contribution in [0.2, 0.25) is 0 Å². The molecule has 0 saturated carbocycles. The number of rotatable bonds is 5. The summed E-state index contributed by atoms with van der Waals surface area (Å²) >= 11 is 0. The van der Waals surface area contributed by atoms with Crippen LogP contribution in [-0.2, 0) is 0 Å². The Morgan fingerprint density at radius 2 is 1.83 bits per heavy atom. The summed E-state index contributed by atoms with van der Waals surface area (Å²) in [6.07, 6.45) is 0.957. The smallest absolute Gasteiger partial charge is 0.127 e. The summed E-state index contributed by atoms with van der Waals surface area (Å²) in [5.41, 5.74) is 1.04. The summed E-state index contributed by atoms with van der Waals surface area (Å²) in [7, 11) is 0. The van der Waals surface area contributed by atoms with E-state index in [1.165, 1.54) is 0 Å². The van der Waals surface area contributed by atoms with Gasteiger partial charge in [-0.1, -0.05) is 52.8 Å². The van der Waals surface area contributed by atoms with Crippen LogP contribution in [0.3, 0.4) is 0 Å². The molecule has 2 atom stereocenters. The van der Waals surface area contributed by atoms with Crippen LogP contribution in [0, 0.1) is 17.2 Å². The van der Waals surface area contributed by atoms with Gasteiger partial charge in [0.15, 0.2) is 0 Å². The molecule has 1 aromatic carbocycles. The number of hydrogen-bond acceptors (Lipinski definition) is 1. The fraction of sp³-hybridized carbons (Fsp3) is 0.625. The molecule has 2 unspecified atom stereocenters. The Hall–Kier alpha value is -0.890. The monoisotopic (exact) mass is 251 g/mol. The molecule has 0 heterocycles. The Morgan fingerprint density at radius 1 is 1.22 bits per heavy atom. The minimum atomic E-state index is -0.107. The van der Waals surface area contributed by atoms with Crippen molar-refractivity contribution in [2.24, 2.45) is 11.3 Å². The molecule has 0 fully saturated rings. The Morgan fingerprint density at radius 3 is 2.33 bits per heavy atom. The second-order valence-electron chi connectivity index (χ2n) is 6.13. The first-order valence-corrected chi connectivity index (χ1v) is 6.84. The summed E-state index contributed by atoms with van der Waals surface area (Å²) in [6.45, 7) is 11.9. The van der Waals surface area contributed by atoms with Crippen molar-refractivity contribution < 1.29 is 4.39 Å². The minimum Gasteiger partial charge on any atom is -0.310 e. The maximum atomic E-state index is 13.9. The van der Waals surface area contributed by atoms with Crippen molar-refractivity contribution in [1.29, 1.82) is 0 Å². The van der Waals surface area contributed by atoms with Gasteiger partial charge in [0.05, 0.1) is 0 Å². The van der Waals surface area contributed by atoms with Crippen molar-refractivity contribution in [3.63, 3.8) is 0 Å². The maximum Gasteiger partial charge on any atom is 0.127 e. The van der Waals surface area contributed by atoms with Crippen LogP contribution >= 0.6 is 0 Å². The van der Waals surface area contributed by atoms with Crippen molar-refractivity contribution in [2.75, 3.05) is 6.54 Å². The fourth-order valence-electron chi connectivity index (χ4n) is 2.03. The van der Waals surface area contributed by atoms with E-state index >= 15 is 0 Å². The molecular weight excluding hydrogens is 225 g/mol. The van der Waals surface area contributed by atoms with Crippen LogP contribution in [-0.4, -0.2) is 6.54 Å². The molecule has 0 spiro atoms. The number of halogens is 1. The topological polar surface area (TPSA) is 12.0 Å². The van der Waals surface area contributed by atoms with Gasteiger partial charge < -0.3 is 5.32 Å². The van der Waals surface area contributed by atoms with E-state index in [9.17, 15) is 4.39 Å². The van der Waals surface area contributed by atoms with E-state index in [1.807, 2.05) is 12.1 Å². The molecule has 1 nitrogen and oxygen atoms in total. The van der Waals surface area contributed by atoms with Gasteiger partial charge in [-0.3, -0.25) is 0 Å². The molecule has 1 aromatic rings. The zero-order valence-electron chi connectivity index (χ0n) is 12.3. The highest BCUT2D eigenvalue weighted by molar-refractivity contribution is 5.21. The highest BCUT2D eigenvalue weighted by Crippen LogP contribution is 2.33. The van der Waals surface area contributed by atoms with Crippen LogP contribution in [0.5, 0.6) is 0 Å².